The van der Waals surface area contributed by atoms with E-state index in [2.05, 4.69) is 15.6 Å². The van der Waals surface area contributed by atoms with Gasteiger partial charge in [0.15, 0.2) is 5.13 Å². The average Bonchev–Trinajstić information content (AvgIpc) is 3.21. The van der Waals surface area contributed by atoms with E-state index in [1.54, 1.807) is 44.6 Å². The van der Waals surface area contributed by atoms with Crippen molar-refractivity contribution in [1.29, 1.82) is 0 Å². The molecule has 7 nitrogen and oxygen atoms in total. The summed E-state index contributed by atoms with van der Waals surface area (Å²) >= 11 is 7.55. The van der Waals surface area contributed by atoms with Crippen LogP contribution in [0, 0.1) is 0 Å². The molecule has 1 atom stereocenters. The summed E-state index contributed by atoms with van der Waals surface area (Å²) in [5.74, 6) is 0.775. The molecule has 162 valence electrons. The Morgan fingerprint density at radius 1 is 1.16 bits per heavy atom. The lowest BCUT2D eigenvalue weighted by atomic mass is 10.0. The fourth-order valence-corrected chi connectivity index (χ4v) is 4.06. The standard InChI is InChI=1S/C22H22ClN3O4S/c1-13(27)24-18(15-6-4-5-7-17(15)23)11-21(28)26-22-25-19(12-31-22)16-10-14(29-2)8-9-20(16)30-3/h4-10,12,18H,11H2,1-3H3,(H,24,27)(H,25,26,28). The molecule has 0 spiro atoms. The molecule has 2 amide bonds. The zero-order valence-electron chi connectivity index (χ0n) is 17.3. The first-order valence-electron chi connectivity index (χ1n) is 9.40. The van der Waals surface area contributed by atoms with Crippen molar-refractivity contribution < 1.29 is 19.1 Å². The van der Waals surface area contributed by atoms with Crippen LogP contribution in [0.3, 0.4) is 0 Å². The third-order valence-electron chi connectivity index (χ3n) is 4.48. The van der Waals surface area contributed by atoms with Crippen LogP contribution < -0.4 is 20.1 Å². The molecule has 0 bridgehead atoms. The smallest absolute Gasteiger partial charge is 0.228 e. The van der Waals surface area contributed by atoms with Crippen LogP contribution in [0.4, 0.5) is 5.13 Å². The van der Waals surface area contributed by atoms with Gasteiger partial charge in [0.2, 0.25) is 11.8 Å². The maximum atomic E-state index is 12.7. The number of hydrogen-bond acceptors (Lipinski definition) is 6. The van der Waals surface area contributed by atoms with Crippen LogP contribution in [-0.4, -0.2) is 31.0 Å². The second kappa shape index (κ2) is 10.3. The predicted octanol–water partition coefficient (Wildman–Crippen LogP) is 4.69. The van der Waals surface area contributed by atoms with E-state index in [9.17, 15) is 9.59 Å². The van der Waals surface area contributed by atoms with Gasteiger partial charge in [0.1, 0.15) is 11.5 Å². The van der Waals surface area contributed by atoms with E-state index in [0.29, 0.717) is 32.9 Å². The Morgan fingerprint density at radius 2 is 1.94 bits per heavy atom. The monoisotopic (exact) mass is 459 g/mol. The van der Waals surface area contributed by atoms with E-state index in [-0.39, 0.29) is 18.2 Å². The van der Waals surface area contributed by atoms with Gasteiger partial charge in [-0.1, -0.05) is 29.8 Å². The van der Waals surface area contributed by atoms with Crippen LogP contribution in [0.15, 0.2) is 47.8 Å². The van der Waals surface area contributed by atoms with E-state index < -0.39 is 6.04 Å². The lowest BCUT2D eigenvalue weighted by Crippen LogP contribution is -2.30. The second-order valence-electron chi connectivity index (χ2n) is 6.63. The van der Waals surface area contributed by atoms with Gasteiger partial charge in [-0.05, 0) is 29.8 Å². The second-order valence-corrected chi connectivity index (χ2v) is 7.90. The number of nitrogens with zero attached hydrogens (tertiary/aromatic N) is 1. The minimum Gasteiger partial charge on any atom is -0.497 e. The molecule has 9 heteroatoms. The Bertz CT molecular complexity index is 1090. The van der Waals surface area contributed by atoms with Crippen molar-refractivity contribution >= 4 is 39.9 Å². The first-order chi connectivity index (χ1) is 14.9. The molecular weight excluding hydrogens is 438 g/mol. The maximum Gasteiger partial charge on any atom is 0.228 e. The van der Waals surface area contributed by atoms with E-state index in [1.165, 1.54) is 18.3 Å². The number of nitrogens with one attached hydrogen (secondary N) is 2. The van der Waals surface area contributed by atoms with Gasteiger partial charge in [0.25, 0.3) is 0 Å². The number of anilines is 1. The van der Waals surface area contributed by atoms with Gasteiger partial charge < -0.3 is 20.1 Å². The molecule has 0 aliphatic carbocycles. The van der Waals surface area contributed by atoms with Crippen molar-refractivity contribution in [2.24, 2.45) is 0 Å². The molecule has 0 saturated heterocycles. The van der Waals surface area contributed by atoms with Gasteiger partial charge >= 0.3 is 0 Å². The maximum absolute atomic E-state index is 12.7. The topological polar surface area (TPSA) is 89.5 Å². The van der Waals surface area contributed by atoms with E-state index in [0.717, 1.165) is 5.56 Å². The number of methoxy groups -OCH3 is 2. The summed E-state index contributed by atoms with van der Waals surface area (Å²) in [6, 6.07) is 12.0. The third-order valence-corrected chi connectivity index (χ3v) is 5.58. The van der Waals surface area contributed by atoms with Crippen molar-refractivity contribution in [3.8, 4) is 22.8 Å². The molecule has 0 saturated carbocycles. The molecule has 0 aliphatic rings. The molecule has 2 N–H and O–H groups in total. The molecule has 0 fully saturated rings. The zero-order chi connectivity index (χ0) is 22.4. The number of benzene rings is 2. The SMILES string of the molecule is COc1ccc(OC)c(-c2csc(NC(=O)CC(NC(C)=O)c3ccccc3Cl)n2)c1. The van der Waals surface area contributed by atoms with Gasteiger partial charge in [-0.2, -0.15) is 0 Å². The van der Waals surface area contributed by atoms with Crippen molar-refractivity contribution in [3.05, 3.63) is 58.4 Å². The Balaban J connectivity index is 1.76. The summed E-state index contributed by atoms with van der Waals surface area (Å²) in [4.78, 5) is 28.8. The van der Waals surface area contributed by atoms with Gasteiger partial charge in [-0.3, -0.25) is 9.59 Å². The van der Waals surface area contributed by atoms with Crippen LogP contribution in [0.25, 0.3) is 11.3 Å². The molecule has 0 aliphatic heterocycles. The van der Waals surface area contributed by atoms with Gasteiger partial charge in [0.05, 0.1) is 32.4 Å². The minimum absolute atomic E-state index is 0.0146. The van der Waals surface area contributed by atoms with E-state index >= 15 is 0 Å². The molecule has 1 unspecified atom stereocenters. The molecule has 0 radical (unpaired) electrons. The van der Waals surface area contributed by atoms with Crippen LogP contribution in [0.5, 0.6) is 11.5 Å². The average molecular weight is 460 g/mol. The number of hydrogen-bond donors (Lipinski definition) is 2. The highest BCUT2D eigenvalue weighted by molar-refractivity contribution is 7.14. The molecule has 3 rings (SSSR count). The highest BCUT2D eigenvalue weighted by Crippen LogP contribution is 2.35. The molecule has 1 aromatic heterocycles. The minimum atomic E-state index is -0.552. The Kier molecular flexibility index (Phi) is 7.49. The number of thiazole rings is 1. The summed E-state index contributed by atoms with van der Waals surface area (Å²) in [5.41, 5.74) is 2.09. The van der Waals surface area contributed by atoms with Crippen molar-refractivity contribution in [2.75, 3.05) is 19.5 Å². The number of aromatic nitrogens is 1. The van der Waals surface area contributed by atoms with Crippen LogP contribution in [-0.2, 0) is 9.59 Å². The lowest BCUT2D eigenvalue weighted by molar-refractivity contribution is -0.120. The van der Waals surface area contributed by atoms with E-state index in [4.69, 9.17) is 21.1 Å². The first-order valence-corrected chi connectivity index (χ1v) is 10.7. The molecular formula is C22H22ClN3O4S. The summed E-state index contributed by atoms with van der Waals surface area (Å²) in [6.07, 6.45) is 0.0146. The predicted molar refractivity (Wildman–Crippen MR) is 122 cm³/mol. The number of halogens is 1. The quantitative estimate of drug-likeness (QED) is 0.510. The lowest BCUT2D eigenvalue weighted by Gasteiger charge is -2.18. The number of carbonyl (C=O) groups excluding carboxylic acids is 2. The first kappa shape index (κ1) is 22.6. The van der Waals surface area contributed by atoms with Crippen LogP contribution >= 0.6 is 22.9 Å². The number of amides is 2. The Morgan fingerprint density at radius 3 is 2.61 bits per heavy atom. The van der Waals surface area contributed by atoms with Crippen LogP contribution in [0.1, 0.15) is 24.9 Å². The molecule has 2 aromatic carbocycles. The van der Waals surface area contributed by atoms with E-state index in [1.807, 2.05) is 17.5 Å². The number of rotatable bonds is 8. The summed E-state index contributed by atoms with van der Waals surface area (Å²) in [7, 11) is 3.17. The summed E-state index contributed by atoms with van der Waals surface area (Å²) < 4.78 is 10.7. The fourth-order valence-electron chi connectivity index (χ4n) is 3.07. The normalized spacial score (nSPS) is 11.5. The number of ether oxygens (including phenoxy) is 2. The third kappa shape index (κ3) is 5.74. The van der Waals surface area contributed by atoms with Crippen molar-refractivity contribution in [3.63, 3.8) is 0 Å². The van der Waals surface area contributed by atoms with Crippen LogP contribution in [0.2, 0.25) is 5.02 Å². The van der Waals surface area contributed by atoms with Crippen molar-refractivity contribution in [2.45, 2.75) is 19.4 Å². The fraction of sp³-hybridized carbons (Fsp3) is 0.227. The largest absolute Gasteiger partial charge is 0.497 e. The molecule has 3 aromatic rings. The zero-order valence-corrected chi connectivity index (χ0v) is 18.8. The summed E-state index contributed by atoms with van der Waals surface area (Å²) in [6.45, 7) is 1.40. The van der Waals surface area contributed by atoms with Gasteiger partial charge in [-0.15, -0.1) is 11.3 Å². The highest BCUT2D eigenvalue weighted by atomic mass is 35.5. The van der Waals surface area contributed by atoms with Gasteiger partial charge in [-0.25, -0.2) is 4.98 Å². The molecule has 1 heterocycles. The number of carbonyl (C=O) groups is 2. The van der Waals surface area contributed by atoms with Crippen molar-refractivity contribution in [1.82, 2.24) is 10.3 Å². The molecule has 31 heavy (non-hydrogen) atoms. The summed E-state index contributed by atoms with van der Waals surface area (Å²) in [5, 5.41) is 8.32. The Hall–Kier alpha value is -3.10. The Labute approximate surface area is 189 Å². The van der Waals surface area contributed by atoms with Gasteiger partial charge in [0, 0.05) is 22.9 Å². The highest BCUT2D eigenvalue weighted by Gasteiger charge is 2.20.